The van der Waals surface area contributed by atoms with Crippen LogP contribution >= 0.6 is 12.2 Å². The number of nitrogens with zero attached hydrogens (tertiary/aromatic N) is 2. The topological polar surface area (TPSA) is 47.2 Å². The SMILES string of the molecule is CC(C(=O)O)n1ccn(C)c1=S. The van der Waals surface area contributed by atoms with Crippen molar-refractivity contribution in [2.45, 2.75) is 13.0 Å². The minimum absolute atomic E-state index is 0.518. The Hall–Kier alpha value is -1.10. The molecule has 0 aliphatic rings. The van der Waals surface area contributed by atoms with E-state index in [-0.39, 0.29) is 0 Å². The quantitative estimate of drug-likeness (QED) is 0.706. The van der Waals surface area contributed by atoms with E-state index in [1.165, 1.54) is 4.57 Å². The maximum absolute atomic E-state index is 10.6. The van der Waals surface area contributed by atoms with Gasteiger partial charge < -0.3 is 14.2 Å². The van der Waals surface area contributed by atoms with Crippen molar-refractivity contribution in [3.8, 4) is 0 Å². The van der Waals surface area contributed by atoms with Gasteiger partial charge in [0.15, 0.2) is 4.77 Å². The first-order valence-corrected chi connectivity index (χ1v) is 3.91. The van der Waals surface area contributed by atoms with Crippen molar-refractivity contribution in [2.75, 3.05) is 0 Å². The smallest absolute Gasteiger partial charge is 0.326 e. The van der Waals surface area contributed by atoms with E-state index in [2.05, 4.69) is 0 Å². The van der Waals surface area contributed by atoms with Gasteiger partial charge in [-0.25, -0.2) is 4.79 Å². The zero-order chi connectivity index (χ0) is 9.30. The number of carbonyl (C=O) groups is 1. The van der Waals surface area contributed by atoms with Crippen molar-refractivity contribution in [3.05, 3.63) is 17.2 Å². The Labute approximate surface area is 75.1 Å². The minimum atomic E-state index is -0.877. The highest BCUT2D eigenvalue weighted by atomic mass is 32.1. The molecule has 12 heavy (non-hydrogen) atoms. The number of carboxylic acid groups (broad SMARTS) is 1. The van der Waals surface area contributed by atoms with Crippen molar-refractivity contribution >= 4 is 18.2 Å². The van der Waals surface area contributed by atoms with E-state index >= 15 is 0 Å². The minimum Gasteiger partial charge on any atom is -0.480 e. The van der Waals surface area contributed by atoms with E-state index in [1.54, 1.807) is 30.9 Å². The summed E-state index contributed by atoms with van der Waals surface area (Å²) in [4.78, 5) is 10.6. The third kappa shape index (κ3) is 1.40. The third-order valence-corrected chi connectivity index (χ3v) is 2.25. The molecule has 1 aromatic heterocycles. The molecule has 1 aromatic rings. The molecule has 1 N–H and O–H groups in total. The van der Waals surface area contributed by atoms with Crippen LogP contribution in [0.5, 0.6) is 0 Å². The number of aromatic nitrogens is 2. The van der Waals surface area contributed by atoms with Crippen molar-refractivity contribution < 1.29 is 9.90 Å². The molecule has 66 valence electrons. The van der Waals surface area contributed by atoms with Crippen LogP contribution in [0.4, 0.5) is 0 Å². The number of hydrogen-bond donors (Lipinski definition) is 1. The normalized spacial score (nSPS) is 12.8. The van der Waals surface area contributed by atoms with Gasteiger partial charge in [0.05, 0.1) is 0 Å². The van der Waals surface area contributed by atoms with Crippen molar-refractivity contribution in [2.24, 2.45) is 7.05 Å². The molecule has 0 radical (unpaired) electrons. The highest BCUT2D eigenvalue weighted by Crippen LogP contribution is 2.06. The van der Waals surface area contributed by atoms with Crippen LogP contribution in [0.2, 0.25) is 0 Å². The molecule has 1 rings (SSSR count). The summed E-state index contributed by atoms with van der Waals surface area (Å²) in [5, 5.41) is 8.69. The maximum Gasteiger partial charge on any atom is 0.326 e. The summed E-state index contributed by atoms with van der Waals surface area (Å²) in [6.45, 7) is 1.60. The first-order valence-electron chi connectivity index (χ1n) is 3.50. The molecule has 0 bridgehead atoms. The molecule has 5 heteroatoms. The standard InChI is InChI=1S/C7H10N2O2S/c1-5(6(10)11)9-4-3-8(2)7(9)12/h3-5H,1-2H3,(H,10,11). The summed E-state index contributed by atoms with van der Waals surface area (Å²) in [6, 6.07) is -0.598. The van der Waals surface area contributed by atoms with Crippen LogP contribution < -0.4 is 0 Å². The Morgan fingerprint density at radius 3 is 2.58 bits per heavy atom. The zero-order valence-corrected chi connectivity index (χ0v) is 7.71. The summed E-state index contributed by atoms with van der Waals surface area (Å²) < 4.78 is 3.76. The second-order valence-corrected chi connectivity index (χ2v) is 2.98. The van der Waals surface area contributed by atoms with Crippen molar-refractivity contribution in [3.63, 3.8) is 0 Å². The third-order valence-electron chi connectivity index (χ3n) is 1.75. The van der Waals surface area contributed by atoms with Gasteiger partial charge in [0, 0.05) is 19.4 Å². The number of imidazole rings is 1. The highest BCUT2D eigenvalue weighted by molar-refractivity contribution is 7.71. The molecule has 1 unspecified atom stereocenters. The molecular formula is C7H10N2O2S. The fraction of sp³-hybridized carbons (Fsp3) is 0.429. The van der Waals surface area contributed by atoms with E-state index in [4.69, 9.17) is 17.3 Å². The number of aliphatic carboxylic acids is 1. The molecule has 0 amide bonds. The van der Waals surface area contributed by atoms with E-state index in [9.17, 15) is 4.79 Å². The van der Waals surface area contributed by atoms with Gasteiger partial charge in [-0.2, -0.15) is 0 Å². The average molecular weight is 186 g/mol. The molecular weight excluding hydrogens is 176 g/mol. The molecule has 0 spiro atoms. The average Bonchev–Trinajstić information content (AvgIpc) is 2.32. The van der Waals surface area contributed by atoms with Gasteiger partial charge in [-0.1, -0.05) is 0 Å². The Bertz CT molecular complexity index is 353. The van der Waals surface area contributed by atoms with Crippen LogP contribution in [-0.2, 0) is 11.8 Å². The molecule has 1 atom stereocenters. The monoisotopic (exact) mass is 186 g/mol. The van der Waals surface area contributed by atoms with E-state index in [0.29, 0.717) is 4.77 Å². The van der Waals surface area contributed by atoms with Gasteiger partial charge >= 0.3 is 5.97 Å². The fourth-order valence-electron chi connectivity index (χ4n) is 0.895. The predicted molar refractivity (Wildman–Crippen MR) is 46.6 cm³/mol. The van der Waals surface area contributed by atoms with Crippen LogP contribution in [0, 0.1) is 4.77 Å². The second kappa shape index (κ2) is 3.10. The number of rotatable bonds is 2. The van der Waals surface area contributed by atoms with Crippen molar-refractivity contribution in [1.82, 2.24) is 9.13 Å². The summed E-state index contributed by atoms with van der Waals surface area (Å²) in [5.74, 6) is -0.877. The maximum atomic E-state index is 10.6. The summed E-state index contributed by atoms with van der Waals surface area (Å²) in [7, 11) is 1.79. The van der Waals surface area contributed by atoms with E-state index in [0.717, 1.165) is 0 Å². The Morgan fingerprint density at radius 2 is 2.25 bits per heavy atom. The van der Waals surface area contributed by atoms with Gasteiger partial charge in [0.1, 0.15) is 6.04 Å². The molecule has 0 aliphatic carbocycles. The van der Waals surface area contributed by atoms with E-state index in [1.807, 2.05) is 0 Å². The summed E-state index contributed by atoms with van der Waals surface area (Å²) >= 11 is 4.98. The number of aryl methyl sites for hydroxylation is 1. The fourth-order valence-corrected chi connectivity index (χ4v) is 1.18. The Kier molecular flexibility index (Phi) is 2.32. The molecule has 0 saturated heterocycles. The van der Waals surface area contributed by atoms with Crippen LogP contribution in [-0.4, -0.2) is 20.2 Å². The number of hydrogen-bond acceptors (Lipinski definition) is 2. The highest BCUT2D eigenvalue weighted by Gasteiger charge is 2.13. The van der Waals surface area contributed by atoms with Gasteiger partial charge in [-0.05, 0) is 19.1 Å². The van der Waals surface area contributed by atoms with Crippen LogP contribution in [0.1, 0.15) is 13.0 Å². The Morgan fingerprint density at radius 1 is 1.67 bits per heavy atom. The van der Waals surface area contributed by atoms with Gasteiger partial charge in [0.25, 0.3) is 0 Å². The lowest BCUT2D eigenvalue weighted by atomic mass is 10.3. The first kappa shape index (κ1) is 8.99. The lowest BCUT2D eigenvalue weighted by Gasteiger charge is -2.06. The molecule has 0 fully saturated rings. The molecule has 1 heterocycles. The van der Waals surface area contributed by atoms with Gasteiger partial charge in [-0.15, -0.1) is 0 Å². The van der Waals surface area contributed by atoms with E-state index < -0.39 is 12.0 Å². The molecule has 0 aliphatic heterocycles. The lowest BCUT2D eigenvalue weighted by molar-refractivity contribution is -0.140. The van der Waals surface area contributed by atoms with Gasteiger partial charge in [-0.3, -0.25) is 0 Å². The largest absolute Gasteiger partial charge is 0.480 e. The molecule has 4 nitrogen and oxygen atoms in total. The van der Waals surface area contributed by atoms with Crippen LogP contribution in [0.15, 0.2) is 12.4 Å². The number of carboxylic acids is 1. The predicted octanol–water partition coefficient (Wildman–Crippen LogP) is 1.20. The second-order valence-electron chi connectivity index (χ2n) is 2.61. The van der Waals surface area contributed by atoms with Crippen molar-refractivity contribution in [1.29, 1.82) is 0 Å². The van der Waals surface area contributed by atoms with Gasteiger partial charge in [0.2, 0.25) is 0 Å². The lowest BCUT2D eigenvalue weighted by Crippen LogP contribution is -2.15. The van der Waals surface area contributed by atoms with Crippen LogP contribution in [0.25, 0.3) is 0 Å². The zero-order valence-electron chi connectivity index (χ0n) is 6.89. The molecule has 0 aromatic carbocycles. The first-order chi connectivity index (χ1) is 5.54. The Balaban J connectivity index is 3.12. The summed E-state index contributed by atoms with van der Waals surface area (Å²) in [6.07, 6.45) is 3.41. The van der Waals surface area contributed by atoms with Crippen LogP contribution in [0.3, 0.4) is 0 Å². The molecule has 0 saturated carbocycles. The summed E-state index contributed by atoms with van der Waals surface area (Å²) in [5.41, 5.74) is 0.